The highest BCUT2D eigenvalue weighted by Gasteiger charge is 2.15. The van der Waals surface area contributed by atoms with Crippen LogP contribution in [0, 0.1) is 13.8 Å². The van der Waals surface area contributed by atoms with Crippen LogP contribution in [-0.4, -0.2) is 18.4 Å². The molecular formula is C11H13N3O2S2. The summed E-state index contributed by atoms with van der Waals surface area (Å²) in [6, 6.07) is 5.14. The first-order valence-electron chi connectivity index (χ1n) is 5.31. The van der Waals surface area contributed by atoms with Crippen molar-refractivity contribution in [2.24, 2.45) is 0 Å². The van der Waals surface area contributed by atoms with Crippen LogP contribution >= 0.6 is 11.3 Å². The number of aromatic nitrogens is 2. The average molecular weight is 283 g/mol. The van der Waals surface area contributed by atoms with Crippen LogP contribution in [0.5, 0.6) is 0 Å². The number of hydrogen-bond acceptors (Lipinski definition) is 5. The van der Waals surface area contributed by atoms with Gasteiger partial charge in [-0.3, -0.25) is 0 Å². The van der Waals surface area contributed by atoms with Gasteiger partial charge in [-0.1, -0.05) is 0 Å². The van der Waals surface area contributed by atoms with E-state index in [2.05, 4.69) is 14.7 Å². The summed E-state index contributed by atoms with van der Waals surface area (Å²) >= 11 is 1.25. The average Bonchev–Trinajstić information content (AvgIpc) is 2.74. The van der Waals surface area contributed by atoms with Gasteiger partial charge in [0.25, 0.3) is 0 Å². The second-order valence-electron chi connectivity index (χ2n) is 3.84. The van der Waals surface area contributed by atoms with Gasteiger partial charge in [-0.05, 0) is 32.0 Å². The molecule has 0 saturated heterocycles. The number of sulfonamides is 1. The standard InChI is InChI=1S/C11H13N3O2S2/c1-8-5-10(13-7-12-8)6-14-18(15,16)11-4-3-9(2)17-11/h3-5,7,14H,6H2,1-2H3. The lowest BCUT2D eigenvalue weighted by Gasteiger charge is -2.04. The third-order valence-corrected chi connectivity index (χ3v) is 5.18. The molecule has 18 heavy (non-hydrogen) atoms. The molecule has 0 spiro atoms. The predicted molar refractivity (Wildman–Crippen MR) is 69.9 cm³/mol. The van der Waals surface area contributed by atoms with Gasteiger partial charge in [0.05, 0.1) is 12.2 Å². The molecule has 2 heterocycles. The summed E-state index contributed by atoms with van der Waals surface area (Å²) in [5.74, 6) is 0. The van der Waals surface area contributed by atoms with Crippen molar-refractivity contribution in [3.8, 4) is 0 Å². The molecule has 2 rings (SSSR count). The van der Waals surface area contributed by atoms with E-state index in [1.54, 1.807) is 18.2 Å². The van der Waals surface area contributed by atoms with E-state index < -0.39 is 10.0 Å². The smallest absolute Gasteiger partial charge is 0.242 e. The molecule has 0 aliphatic heterocycles. The van der Waals surface area contributed by atoms with E-state index in [1.807, 2.05) is 13.8 Å². The second-order valence-corrected chi connectivity index (χ2v) is 7.12. The Balaban J connectivity index is 2.10. The Hall–Kier alpha value is -1.31. The van der Waals surface area contributed by atoms with Crippen LogP contribution in [0.15, 0.2) is 28.7 Å². The van der Waals surface area contributed by atoms with E-state index in [9.17, 15) is 8.42 Å². The van der Waals surface area contributed by atoms with Crippen molar-refractivity contribution in [1.82, 2.24) is 14.7 Å². The molecule has 96 valence electrons. The van der Waals surface area contributed by atoms with E-state index in [0.717, 1.165) is 10.6 Å². The maximum Gasteiger partial charge on any atom is 0.250 e. The van der Waals surface area contributed by atoms with Crippen LogP contribution in [0.2, 0.25) is 0 Å². The fraction of sp³-hybridized carbons (Fsp3) is 0.273. The maximum atomic E-state index is 12.0. The minimum atomic E-state index is -3.44. The first-order valence-corrected chi connectivity index (χ1v) is 7.61. The number of aryl methyl sites for hydroxylation is 2. The highest BCUT2D eigenvalue weighted by molar-refractivity contribution is 7.91. The number of thiophene rings is 1. The number of hydrogen-bond donors (Lipinski definition) is 1. The lowest BCUT2D eigenvalue weighted by Crippen LogP contribution is -2.23. The van der Waals surface area contributed by atoms with Crippen LogP contribution in [-0.2, 0) is 16.6 Å². The van der Waals surface area contributed by atoms with E-state index >= 15 is 0 Å². The van der Waals surface area contributed by atoms with Crippen molar-refractivity contribution >= 4 is 21.4 Å². The van der Waals surface area contributed by atoms with Crippen molar-refractivity contribution in [2.45, 2.75) is 24.6 Å². The van der Waals surface area contributed by atoms with Gasteiger partial charge in [0, 0.05) is 10.6 Å². The molecule has 0 saturated carbocycles. The van der Waals surface area contributed by atoms with Crippen molar-refractivity contribution in [3.05, 3.63) is 40.8 Å². The van der Waals surface area contributed by atoms with Gasteiger partial charge >= 0.3 is 0 Å². The van der Waals surface area contributed by atoms with E-state index in [4.69, 9.17) is 0 Å². The Morgan fingerprint density at radius 2 is 2.06 bits per heavy atom. The lowest BCUT2D eigenvalue weighted by molar-refractivity contribution is 0.582. The quantitative estimate of drug-likeness (QED) is 0.925. The Morgan fingerprint density at radius 3 is 2.67 bits per heavy atom. The maximum absolute atomic E-state index is 12.0. The summed E-state index contributed by atoms with van der Waals surface area (Å²) in [5, 5.41) is 0. The fourth-order valence-corrected chi connectivity index (χ4v) is 3.73. The molecule has 2 aromatic heterocycles. The lowest BCUT2D eigenvalue weighted by atomic mass is 10.3. The normalized spacial score (nSPS) is 11.7. The molecule has 1 N–H and O–H groups in total. The molecule has 0 aromatic carbocycles. The van der Waals surface area contributed by atoms with Gasteiger partial charge in [0.15, 0.2) is 0 Å². The molecule has 7 heteroatoms. The van der Waals surface area contributed by atoms with Crippen LogP contribution in [0.3, 0.4) is 0 Å². The molecule has 0 aliphatic rings. The van der Waals surface area contributed by atoms with Gasteiger partial charge in [-0.15, -0.1) is 11.3 Å². The zero-order chi connectivity index (χ0) is 13.2. The second kappa shape index (κ2) is 5.13. The van der Waals surface area contributed by atoms with E-state index in [-0.39, 0.29) is 6.54 Å². The number of nitrogens with zero attached hydrogens (tertiary/aromatic N) is 2. The molecule has 0 radical (unpaired) electrons. The fourth-order valence-electron chi connectivity index (χ4n) is 1.40. The van der Waals surface area contributed by atoms with E-state index in [0.29, 0.717) is 9.90 Å². The number of nitrogens with one attached hydrogen (secondary N) is 1. The molecule has 0 amide bonds. The van der Waals surface area contributed by atoms with Gasteiger partial charge in [-0.2, -0.15) is 0 Å². The molecule has 0 aliphatic carbocycles. The Bertz CT molecular complexity index is 650. The van der Waals surface area contributed by atoms with Crippen molar-refractivity contribution in [2.75, 3.05) is 0 Å². The predicted octanol–water partition coefficient (Wildman–Crippen LogP) is 1.63. The zero-order valence-corrected chi connectivity index (χ0v) is 11.7. The third-order valence-electron chi connectivity index (χ3n) is 2.28. The molecule has 0 fully saturated rings. The van der Waals surface area contributed by atoms with Crippen molar-refractivity contribution < 1.29 is 8.42 Å². The highest BCUT2D eigenvalue weighted by atomic mass is 32.2. The van der Waals surface area contributed by atoms with Gasteiger partial charge < -0.3 is 0 Å². The highest BCUT2D eigenvalue weighted by Crippen LogP contribution is 2.20. The Morgan fingerprint density at radius 1 is 1.28 bits per heavy atom. The molecular weight excluding hydrogens is 270 g/mol. The van der Waals surface area contributed by atoms with E-state index in [1.165, 1.54) is 17.7 Å². The first kappa shape index (κ1) is 13.1. The Labute approximate surface area is 110 Å². The molecule has 2 aromatic rings. The van der Waals surface area contributed by atoms with Gasteiger partial charge in [-0.25, -0.2) is 23.1 Å². The van der Waals surface area contributed by atoms with Gasteiger partial charge in [0.2, 0.25) is 10.0 Å². The summed E-state index contributed by atoms with van der Waals surface area (Å²) in [7, 11) is -3.44. The molecule has 0 atom stereocenters. The number of rotatable bonds is 4. The zero-order valence-electron chi connectivity index (χ0n) is 10.0. The SMILES string of the molecule is Cc1cc(CNS(=O)(=O)c2ccc(C)s2)ncn1. The summed E-state index contributed by atoms with van der Waals surface area (Å²) in [5.41, 5.74) is 1.46. The van der Waals surface area contributed by atoms with Crippen LogP contribution in [0.1, 0.15) is 16.3 Å². The van der Waals surface area contributed by atoms with Crippen LogP contribution in [0.25, 0.3) is 0 Å². The minimum Gasteiger partial charge on any atom is -0.242 e. The van der Waals surface area contributed by atoms with Crippen LogP contribution < -0.4 is 4.72 Å². The molecule has 0 bridgehead atoms. The third kappa shape index (κ3) is 3.12. The monoisotopic (exact) mass is 283 g/mol. The summed E-state index contributed by atoms with van der Waals surface area (Å²) < 4.78 is 26.8. The molecule has 0 unspecified atom stereocenters. The largest absolute Gasteiger partial charge is 0.250 e. The summed E-state index contributed by atoms with van der Waals surface area (Å²) in [6.45, 7) is 3.88. The van der Waals surface area contributed by atoms with Crippen LogP contribution in [0.4, 0.5) is 0 Å². The molecule has 5 nitrogen and oxygen atoms in total. The Kier molecular flexibility index (Phi) is 3.74. The van der Waals surface area contributed by atoms with Crippen molar-refractivity contribution in [3.63, 3.8) is 0 Å². The minimum absolute atomic E-state index is 0.169. The van der Waals surface area contributed by atoms with Gasteiger partial charge in [0.1, 0.15) is 10.5 Å². The summed E-state index contributed by atoms with van der Waals surface area (Å²) in [6.07, 6.45) is 1.42. The topological polar surface area (TPSA) is 72.0 Å². The summed E-state index contributed by atoms with van der Waals surface area (Å²) in [4.78, 5) is 8.93. The first-order chi connectivity index (χ1) is 8.47. The van der Waals surface area contributed by atoms with Crippen molar-refractivity contribution in [1.29, 1.82) is 0 Å².